The molecule has 0 fully saturated rings. The molecule has 0 radical (unpaired) electrons. The molecule has 0 aliphatic rings. The van der Waals surface area contributed by atoms with Crippen molar-refractivity contribution in [3.8, 4) is 6.07 Å². The minimum Gasteiger partial charge on any atom is -0.342 e. The summed E-state index contributed by atoms with van der Waals surface area (Å²) in [7, 11) is -3.89. The molecule has 2 N–H and O–H groups in total. The first-order chi connectivity index (χ1) is 11.8. The molecule has 2 aromatic rings. The lowest BCUT2D eigenvalue weighted by atomic mass is 10.2. The van der Waals surface area contributed by atoms with Crippen molar-refractivity contribution in [3.63, 3.8) is 0 Å². The van der Waals surface area contributed by atoms with Crippen LogP contribution in [0.25, 0.3) is 0 Å². The van der Waals surface area contributed by atoms with E-state index in [1.54, 1.807) is 12.1 Å². The summed E-state index contributed by atoms with van der Waals surface area (Å²) in [6.07, 6.45) is 0. The van der Waals surface area contributed by atoms with Crippen LogP contribution in [0.3, 0.4) is 0 Å². The van der Waals surface area contributed by atoms with Crippen molar-refractivity contribution in [1.29, 1.82) is 5.26 Å². The highest BCUT2D eigenvalue weighted by molar-refractivity contribution is 7.89. The number of nitrogens with one attached hydrogen (secondary N) is 2. The maximum absolute atomic E-state index is 12.0. The Morgan fingerprint density at radius 1 is 1.16 bits per heavy atom. The predicted octanol–water partition coefficient (Wildman–Crippen LogP) is 1.30. The fourth-order valence-corrected chi connectivity index (χ4v) is 3.85. The Bertz CT molecular complexity index is 925. The van der Waals surface area contributed by atoms with Crippen molar-refractivity contribution in [2.75, 3.05) is 6.54 Å². The fourth-order valence-electron chi connectivity index (χ4n) is 1.94. The number of sulfonamides is 1. The summed E-state index contributed by atoms with van der Waals surface area (Å²) >= 11 is 1.28. The molecule has 0 atom stereocenters. The van der Waals surface area contributed by atoms with Gasteiger partial charge in [0.25, 0.3) is 11.8 Å². The van der Waals surface area contributed by atoms with Gasteiger partial charge in [-0.3, -0.25) is 14.3 Å². The Balaban J connectivity index is 1.87. The zero-order valence-corrected chi connectivity index (χ0v) is 14.9. The molecule has 0 aliphatic carbocycles. The van der Waals surface area contributed by atoms with Crippen LogP contribution in [0.1, 0.15) is 25.7 Å². The zero-order valence-electron chi connectivity index (χ0n) is 13.3. The Kier molecular flexibility index (Phi) is 5.90. The fraction of sp³-hybridized carbons (Fsp3) is 0.188. The van der Waals surface area contributed by atoms with Gasteiger partial charge in [0.2, 0.25) is 10.0 Å². The molecule has 2 rings (SSSR count). The molecule has 0 unspecified atom stereocenters. The highest BCUT2D eigenvalue weighted by Crippen LogP contribution is 2.14. The maximum Gasteiger partial charge on any atom is 0.261 e. The molecule has 9 heteroatoms. The van der Waals surface area contributed by atoms with Crippen LogP contribution in [0.5, 0.6) is 0 Å². The van der Waals surface area contributed by atoms with Gasteiger partial charge in [0, 0.05) is 4.88 Å². The molecule has 25 heavy (non-hydrogen) atoms. The number of aryl methyl sites for hydroxylation is 1. The summed E-state index contributed by atoms with van der Waals surface area (Å²) in [6, 6.07) is 11.3. The molecule has 1 aromatic carbocycles. The standard InChI is InChI=1S/C16H15N3O4S2/c1-11-2-7-14(24-11)16(21)18-9-15(20)19-25(22,23)10-13-5-3-12(8-17)4-6-13/h2-7H,9-10H2,1H3,(H,18,21)(H,19,20). The maximum atomic E-state index is 12.0. The van der Waals surface area contributed by atoms with Crippen molar-refractivity contribution in [2.24, 2.45) is 0 Å². The Morgan fingerprint density at radius 3 is 2.40 bits per heavy atom. The SMILES string of the molecule is Cc1ccc(C(=O)NCC(=O)NS(=O)(=O)Cc2ccc(C#N)cc2)s1. The topological polar surface area (TPSA) is 116 Å². The molecule has 0 spiro atoms. The molecule has 0 bridgehead atoms. The van der Waals surface area contributed by atoms with E-state index in [4.69, 9.17) is 5.26 Å². The van der Waals surface area contributed by atoms with E-state index in [2.05, 4.69) is 5.32 Å². The summed E-state index contributed by atoms with van der Waals surface area (Å²) in [6.45, 7) is 1.41. The van der Waals surface area contributed by atoms with Gasteiger partial charge < -0.3 is 5.32 Å². The zero-order chi connectivity index (χ0) is 18.4. The number of carbonyl (C=O) groups is 2. The molecular formula is C16H15N3O4S2. The minimum absolute atomic E-state index is 0.400. The van der Waals surface area contributed by atoms with E-state index in [0.717, 1.165) is 4.88 Å². The van der Waals surface area contributed by atoms with Gasteiger partial charge in [0.1, 0.15) is 0 Å². The second-order valence-electron chi connectivity index (χ2n) is 5.19. The first-order valence-electron chi connectivity index (χ1n) is 7.16. The summed E-state index contributed by atoms with van der Waals surface area (Å²) < 4.78 is 25.9. The first kappa shape index (κ1) is 18.6. The molecule has 0 saturated heterocycles. The lowest BCUT2D eigenvalue weighted by molar-refractivity contribution is -0.118. The van der Waals surface area contributed by atoms with Gasteiger partial charge in [-0.05, 0) is 36.8 Å². The lowest BCUT2D eigenvalue weighted by Crippen LogP contribution is -2.40. The number of rotatable bonds is 6. The Labute approximate surface area is 149 Å². The van der Waals surface area contributed by atoms with Crippen molar-refractivity contribution < 1.29 is 18.0 Å². The largest absolute Gasteiger partial charge is 0.342 e. The highest BCUT2D eigenvalue weighted by atomic mass is 32.2. The van der Waals surface area contributed by atoms with Gasteiger partial charge in [0.05, 0.1) is 28.8 Å². The second kappa shape index (κ2) is 7.92. The molecule has 130 valence electrons. The van der Waals surface area contributed by atoms with E-state index >= 15 is 0 Å². The van der Waals surface area contributed by atoms with Gasteiger partial charge in [0.15, 0.2) is 0 Å². The average molecular weight is 377 g/mol. The summed E-state index contributed by atoms with van der Waals surface area (Å²) in [4.78, 5) is 25.0. The van der Waals surface area contributed by atoms with E-state index in [1.165, 1.54) is 35.6 Å². The summed E-state index contributed by atoms with van der Waals surface area (Å²) in [5.41, 5.74) is 0.856. The Hall–Kier alpha value is -2.70. The third-order valence-electron chi connectivity index (χ3n) is 3.08. The smallest absolute Gasteiger partial charge is 0.261 e. The van der Waals surface area contributed by atoms with Crippen LogP contribution in [0.4, 0.5) is 0 Å². The van der Waals surface area contributed by atoms with Gasteiger partial charge >= 0.3 is 0 Å². The minimum atomic E-state index is -3.89. The summed E-state index contributed by atoms with van der Waals surface area (Å²) in [5.74, 6) is -1.66. The molecule has 1 aromatic heterocycles. The third kappa shape index (κ3) is 5.70. The van der Waals surface area contributed by atoms with Crippen molar-refractivity contribution in [1.82, 2.24) is 10.0 Å². The molecule has 2 amide bonds. The second-order valence-corrected chi connectivity index (χ2v) is 8.20. The molecule has 0 saturated carbocycles. The quantitative estimate of drug-likeness (QED) is 0.787. The van der Waals surface area contributed by atoms with E-state index in [0.29, 0.717) is 16.0 Å². The van der Waals surface area contributed by atoms with Crippen LogP contribution in [0, 0.1) is 18.3 Å². The van der Waals surface area contributed by atoms with Crippen LogP contribution in [0.2, 0.25) is 0 Å². The number of nitrogens with zero attached hydrogens (tertiary/aromatic N) is 1. The molecular weight excluding hydrogens is 362 g/mol. The van der Waals surface area contributed by atoms with E-state index in [-0.39, 0.29) is 0 Å². The van der Waals surface area contributed by atoms with Gasteiger partial charge in [-0.15, -0.1) is 11.3 Å². The highest BCUT2D eigenvalue weighted by Gasteiger charge is 2.17. The van der Waals surface area contributed by atoms with Gasteiger partial charge in [-0.25, -0.2) is 8.42 Å². The van der Waals surface area contributed by atoms with E-state index < -0.39 is 34.1 Å². The van der Waals surface area contributed by atoms with Crippen LogP contribution in [-0.4, -0.2) is 26.8 Å². The predicted molar refractivity (Wildman–Crippen MR) is 93.3 cm³/mol. The lowest BCUT2D eigenvalue weighted by Gasteiger charge is -2.08. The average Bonchev–Trinajstić information content (AvgIpc) is 2.99. The number of amides is 2. The van der Waals surface area contributed by atoms with Crippen molar-refractivity contribution >= 4 is 33.2 Å². The number of hydrogen-bond donors (Lipinski definition) is 2. The number of nitriles is 1. The molecule has 1 heterocycles. The third-order valence-corrected chi connectivity index (χ3v) is 5.33. The van der Waals surface area contributed by atoms with Crippen LogP contribution >= 0.6 is 11.3 Å². The number of thiophene rings is 1. The van der Waals surface area contributed by atoms with Gasteiger partial charge in [-0.2, -0.15) is 5.26 Å². The monoisotopic (exact) mass is 377 g/mol. The van der Waals surface area contributed by atoms with Gasteiger partial charge in [-0.1, -0.05) is 12.1 Å². The van der Waals surface area contributed by atoms with Crippen molar-refractivity contribution in [3.05, 3.63) is 57.3 Å². The number of benzene rings is 1. The number of carbonyl (C=O) groups excluding carboxylic acids is 2. The summed E-state index contributed by atoms with van der Waals surface area (Å²) in [5, 5.41) is 11.1. The van der Waals surface area contributed by atoms with Crippen molar-refractivity contribution in [2.45, 2.75) is 12.7 Å². The van der Waals surface area contributed by atoms with E-state index in [9.17, 15) is 18.0 Å². The molecule has 7 nitrogen and oxygen atoms in total. The van der Waals surface area contributed by atoms with Crippen LogP contribution < -0.4 is 10.0 Å². The molecule has 0 aliphatic heterocycles. The van der Waals surface area contributed by atoms with E-state index in [1.807, 2.05) is 17.7 Å². The van der Waals surface area contributed by atoms with Crippen LogP contribution in [0.15, 0.2) is 36.4 Å². The number of hydrogen-bond acceptors (Lipinski definition) is 6. The Morgan fingerprint density at radius 2 is 1.84 bits per heavy atom. The first-order valence-corrected chi connectivity index (χ1v) is 9.63. The normalized spacial score (nSPS) is 10.7. The van der Waals surface area contributed by atoms with Crippen LogP contribution in [-0.2, 0) is 20.6 Å².